The third-order valence-corrected chi connectivity index (χ3v) is 10.8. The molecule has 1 aliphatic carbocycles. The zero-order valence-corrected chi connectivity index (χ0v) is 22.9. The minimum atomic E-state index is -3.76. The molecule has 174 valence electrons. The van der Waals surface area contributed by atoms with Gasteiger partial charge in [0, 0.05) is 8.95 Å². The summed E-state index contributed by atoms with van der Waals surface area (Å²) in [5.74, 6) is 0. The van der Waals surface area contributed by atoms with E-state index >= 15 is 0 Å². The van der Waals surface area contributed by atoms with Gasteiger partial charge in [0.25, 0.3) is 0 Å². The number of hydrogen-bond donors (Lipinski definition) is 0. The van der Waals surface area contributed by atoms with Gasteiger partial charge in [-0.25, -0.2) is 8.42 Å². The Morgan fingerprint density at radius 3 is 1.86 bits per heavy atom. The molecule has 0 radical (unpaired) electrons. The summed E-state index contributed by atoms with van der Waals surface area (Å²) in [7, 11) is -3.76. The van der Waals surface area contributed by atoms with Gasteiger partial charge in [0.05, 0.1) is 15.2 Å². The van der Waals surface area contributed by atoms with Crippen LogP contribution in [0.1, 0.15) is 22.3 Å². The Balaban J connectivity index is 1.83. The van der Waals surface area contributed by atoms with Crippen LogP contribution >= 0.6 is 31.9 Å². The molecular formula is C31H18Br2O2S. The summed E-state index contributed by atoms with van der Waals surface area (Å²) in [6.07, 6.45) is 0. The van der Waals surface area contributed by atoms with Gasteiger partial charge in [-0.1, -0.05) is 101 Å². The number of rotatable bonds is 0. The average molecular weight is 614 g/mol. The van der Waals surface area contributed by atoms with Crippen molar-refractivity contribution in [2.75, 3.05) is 0 Å². The van der Waals surface area contributed by atoms with Gasteiger partial charge in [-0.3, -0.25) is 0 Å². The largest absolute Gasteiger partial charge is 0.218 e. The van der Waals surface area contributed by atoms with Crippen LogP contribution in [0.3, 0.4) is 0 Å². The molecule has 5 aromatic carbocycles. The molecule has 0 saturated carbocycles. The van der Waals surface area contributed by atoms with Crippen LogP contribution in [-0.2, 0) is 15.3 Å². The molecule has 1 aliphatic heterocycles. The molecule has 1 unspecified atom stereocenters. The molecule has 0 bridgehead atoms. The van der Waals surface area contributed by atoms with E-state index in [1.807, 2.05) is 36.4 Å². The minimum Gasteiger partial charge on any atom is -0.218 e. The maximum atomic E-state index is 14.1. The topological polar surface area (TPSA) is 34.1 Å². The van der Waals surface area contributed by atoms with Crippen LogP contribution in [0, 0.1) is 0 Å². The first kappa shape index (κ1) is 22.2. The molecule has 0 aromatic heterocycles. The Kier molecular flexibility index (Phi) is 4.79. The van der Waals surface area contributed by atoms with E-state index in [1.165, 1.54) is 0 Å². The highest BCUT2D eigenvalue weighted by Crippen LogP contribution is 2.60. The average Bonchev–Trinajstić information content (AvgIpc) is 2.99. The van der Waals surface area contributed by atoms with Crippen molar-refractivity contribution in [1.29, 1.82) is 0 Å². The number of benzene rings is 5. The summed E-state index contributed by atoms with van der Waals surface area (Å²) in [5, 5.41) is 0. The lowest BCUT2D eigenvalue weighted by Crippen LogP contribution is -2.38. The second-order valence-electron chi connectivity index (χ2n) is 9.15. The second kappa shape index (κ2) is 7.75. The van der Waals surface area contributed by atoms with Gasteiger partial charge in [0.2, 0.25) is 9.84 Å². The van der Waals surface area contributed by atoms with Crippen molar-refractivity contribution in [3.63, 3.8) is 0 Å². The first-order chi connectivity index (χ1) is 17.5. The van der Waals surface area contributed by atoms with Crippen LogP contribution in [0.5, 0.6) is 0 Å². The molecule has 2 nitrogen and oxygen atoms in total. The van der Waals surface area contributed by atoms with Gasteiger partial charge in [0.15, 0.2) is 0 Å². The maximum Gasteiger partial charge on any atom is 0.208 e. The highest BCUT2D eigenvalue weighted by atomic mass is 79.9. The molecule has 0 amide bonds. The monoisotopic (exact) mass is 612 g/mol. The van der Waals surface area contributed by atoms with Crippen LogP contribution in [-0.4, -0.2) is 8.42 Å². The summed E-state index contributed by atoms with van der Waals surface area (Å²) < 4.78 is 29.7. The van der Waals surface area contributed by atoms with E-state index in [0.29, 0.717) is 14.3 Å². The van der Waals surface area contributed by atoms with E-state index in [2.05, 4.69) is 98.6 Å². The maximum absolute atomic E-state index is 14.1. The summed E-state index contributed by atoms with van der Waals surface area (Å²) in [6, 6.07) is 36.4. The minimum absolute atomic E-state index is 0.329. The highest BCUT2D eigenvalue weighted by molar-refractivity contribution is 9.10. The van der Waals surface area contributed by atoms with Gasteiger partial charge >= 0.3 is 0 Å². The van der Waals surface area contributed by atoms with Crippen molar-refractivity contribution >= 4 is 41.7 Å². The van der Waals surface area contributed by atoms with Gasteiger partial charge in [0.1, 0.15) is 0 Å². The number of sulfone groups is 1. The standard InChI is InChI=1S/C31H18Br2O2S/c32-19-16-17-23-21-9-2-1-8-20(21)22-10-3-4-11-24(22)31(27(23)18-19)25-12-5-6-15-29(25)36(34,35)30-26(31)13-7-14-28(30)33/h1-18H. The predicted octanol–water partition coefficient (Wildman–Crippen LogP) is 8.39. The van der Waals surface area contributed by atoms with Gasteiger partial charge in [-0.2, -0.15) is 0 Å². The van der Waals surface area contributed by atoms with Crippen LogP contribution in [0.4, 0.5) is 0 Å². The molecule has 0 N–H and O–H groups in total. The van der Waals surface area contributed by atoms with Crippen LogP contribution in [0.15, 0.2) is 128 Å². The molecule has 7 rings (SSSR count). The van der Waals surface area contributed by atoms with Gasteiger partial charge in [-0.05, 0) is 84.7 Å². The van der Waals surface area contributed by atoms with E-state index in [1.54, 1.807) is 6.07 Å². The van der Waals surface area contributed by atoms with E-state index < -0.39 is 15.3 Å². The fraction of sp³-hybridized carbons (Fsp3) is 0.0323. The molecule has 1 spiro atoms. The zero-order chi connectivity index (χ0) is 24.7. The van der Waals surface area contributed by atoms with E-state index in [-0.39, 0.29) is 0 Å². The van der Waals surface area contributed by atoms with Crippen LogP contribution < -0.4 is 0 Å². The Morgan fingerprint density at radius 1 is 0.528 bits per heavy atom. The Morgan fingerprint density at radius 2 is 1.11 bits per heavy atom. The molecule has 0 saturated heterocycles. The third kappa shape index (κ3) is 2.74. The number of fused-ring (bicyclic) bond motifs is 11. The van der Waals surface area contributed by atoms with Crippen molar-refractivity contribution in [1.82, 2.24) is 0 Å². The van der Waals surface area contributed by atoms with Gasteiger partial charge in [-0.15, -0.1) is 0 Å². The van der Waals surface area contributed by atoms with Crippen LogP contribution in [0.25, 0.3) is 22.3 Å². The smallest absolute Gasteiger partial charge is 0.208 e. The lowest BCUT2D eigenvalue weighted by Gasteiger charge is -2.43. The molecular weight excluding hydrogens is 596 g/mol. The lowest BCUT2D eigenvalue weighted by atomic mass is 9.63. The fourth-order valence-corrected chi connectivity index (χ4v) is 9.32. The summed E-state index contributed by atoms with van der Waals surface area (Å²) in [4.78, 5) is 0.673. The molecule has 1 atom stereocenters. The molecule has 5 aromatic rings. The Bertz CT molecular complexity index is 1840. The second-order valence-corrected chi connectivity index (χ2v) is 12.8. The SMILES string of the molecule is O=S1(=O)c2ccccc2C2(c3ccccc3-c3ccccc3-c3ccc(Br)cc32)c2cccc(Br)c21. The summed E-state index contributed by atoms with van der Waals surface area (Å²) >= 11 is 7.35. The predicted molar refractivity (Wildman–Crippen MR) is 150 cm³/mol. The van der Waals surface area contributed by atoms with E-state index in [9.17, 15) is 8.42 Å². The Hall–Kier alpha value is -2.99. The third-order valence-electron chi connectivity index (χ3n) is 7.44. The first-order valence-corrected chi connectivity index (χ1v) is 14.7. The summed E-state index contributed by atoms with van der Waals surface area (Å²) in [5.41, 5.74) is 7.25. The van der Waals surface area contributed by atoms with Gasteiger partial charge < -0.3 is 0 Å². The number of hydrogen-bond acceptors (Lipinski definition) is 2. The highest BCUT2D eigenvalue weighted by Gasteiger charge is 2.52. The lowest BCUT2D eigenvalue weighted by molar-refractivity contribution is 0.578. The van der Waals surface area contributed by atoms with Crippen molar-refractivity contribution < 1.29 is 8.42 Å². The number of halogens is 2. The molecule has 1 heterocycles. The van der Waals surface area contributed by atoms with Crippen molar-refractivity contribution in [3.05, 3.63) is 140 Å². The Labute approximate surface area is 226 Å². The van der Waals surface area contributed by atoms with E-state index in [0.717, 1.165) is 49.0 Å². The zero-order valence-electron chi connectivity index (χ0n) is 18.9. The molecule has 2 aliphatic rings. The molecule has 0 fully saturated rings. The van der Waals surface area contributed by atoms with Crippen molar-refractivity contribution in [2.24, 2.45) is 0 Å². The summed E-state index contributed by atoms with van der Waals surface area (Å²) in [6.45, 7) is 0. The van der Waals surface area contributed by atoms with Crippen molar-refractivity contribution in [3.8, 4) is 22.3 Å². The normalized spacial score (nSPS) is 18.3. The van der Waals surface area contributed by atoms with Crippen LogP contribution in [0.2, 0.25) is 0 Å². The first-order valence-electron chi connectivity index (χ1n) is 11.6. The molecule has 5 heteroatoms. The van der Waals surface area contributed by atoms with Crippen molar-refractivity contribution in [2.45, 2.75) is 15.2 Å². The van der Waals surface area contributed by atoms with E-state index in [4.69, 9.17) is 0 Å². The quantitative estimate of drug-likeness (QED) is 0.172. The fourth-order valence-electron chi connectivity index (χ4n) is 6.13. The molecule has 36 heavy (non-hydrogen) atoms.